The van der Waals surface area contributed by atoms with Crippen LogP contribution in [-0.4, -0.2) is 16.9 Å². The van der Waals surface area contributed by atoms with Gasteiger partial charge in [-0.25, -0.2) is 4.98 Å². The molecular formula is C12H15N3O2. The predicted molar refractivity (Wildman–Crippen MR) is 65.7 cm³/mol. The maximum Gasteiger partial charge on any atom is 0.240 e. The first-order valence-corrected chi connectivity index (χ1v) is 5.56. The van der Waals surface area contributed by atoms with Crippen LogP contribution in [0, 0.1) is 0 Å². The number of amides is 1. The van der Waals surface area contributed by atoms with E-state index >= 15 is 0 Å². The van der Waals surface area contributed by atoms with Crippen LogP contribution in [0.25, 0.3) is 11.1 Å². The number of oxazole rings is 1. The van der Waals surface area contributed by atoms with Gasteiger partial charge in [-0.15, -0.1) is 0 Å². The van der Waals surface area contributed by atoms with Crippen LogP contribution in [0.5, 0.6) is 0 Å². The van der Waals surface area contributed by atoms with Gasteiger partial charge < -0.3 is 15.5 Å². The van der Waals surface area contributed by atoms with Crippen LogP contribution >= 0.6 is 0 Å². The Morgan fingerprint density at radius 1 is 1.59 bits per heavy atom. The molecule has 1 amide bonds. The Hall–Kier alpha value is -1.88. The van der Waals surface area contributed by atoms with Gasteiger partial charge in [0.05, 0.1) is 6.04 Å². The molecule has 0 aliphatic heterocycles. The average molecular weight is 233 g/mol. The molecule has 2 aromatic rings. The predicted octanol–water partition coefficient (Wildman–Crippen LogP) is 1.68. The van der Waals surface area contributed by atoms with Crippen molar-refractivity contribution in [3.8, 4) is 0 Å². The minimum Gasteiger partial charge on any atom is -0.441 e. The van der Waals surface area contributed by atoms with E-state index in [-0.39, 0.29) is 5.91 Å². The number of nitrogens with zero attached hydrogens (tertiary/aromatic N) is 1. The van der Waals surface area contributed by atoms with E-state index in [1.807, 2.05) is 6.92 Å². The number of aryl methyl sites for hydroxylation is 1. The molecule has 0 fully saturated rings. The quantitative estimate of drug-likeness (QED) is 0.845. The van der Waals surface area contributed by atoms with E-state index < -0.39 is 6.04 Å². The summed E-state index contributed by atoms with van der Waals surface area (Å²) in [6.07, 6.45) is 0.746. The molecule has 3 N–H and O–H groups in total. The number of benzene rings is 1. The normalized spacial score (nSPS) is 12.6. The van der Waals surface area contributed by atoms with Crippen molar-refractivity contribution in [3.05, 3.63) is 24.1 Å². The van der Waals surface area contributed by atoms with Crippen LogP contribution in [0.4, 0.5) is 5.69 Å². The van der Waals surface area contributed by atoms with Gasteiger partial charge in [-0.3, -0.25) is 4.79 Å². The Morgan fingerprint density at radius 2 is 2.35 bits per heavy atom. The highest BCUT2D eigenvalue weighted by molar-refractivity contribution is 5.95. The van der Waals surface area contributed by atoms with Crippen molar-refractivity contribution in [2.45, 2.75) is 26.3 Å². The van der Waals surface area contributed by atoms with Crippen LogP contribution in [0.2, 0.25) is 0 Å². The van der Waals surface area contributed by atoms with E-state index in [1.165, 1.54) is 0 Å². The van der Waals surface area contributed by atoms with E-state index in [2.05, 4.69) is 10.3 Å². The third-order valence-electron chi connectivity index (χ3n) is 2.42. The molecule has 0 radical (unpaired) electrons. The second-order valence-corrected chi connectivity index (χ2v) is 3.92. The van der Waals surface area contributed by atoms with Gasteiger partial charge in [0.2, 0.25) is 5.91 Å². The molecule has 0 spiro atoms. The van der Waals surface area contributed by atoms with Crippen molar-refractivity contribution in [2.75, 3.05) is 5.32 Å². The van der Waals surface area contributed by atoms with Gasteiger partial charge in [0, 0.05) is 12.1 Å². The summed E-state index contributed by atoms with van der Waals surface area (Å²) in [5.74, 6) is 0.472. The highest BCUT2D eigenvalue weighted by Crippen LogP contribution is 2.20. The third kappa shape index (κ3) is 2.45. The van der Waals surface area contributed by atoms with Crippen LogP contribution in [0.1, 0.15) is 19.7 Å². The van der Waals surface area contributed by atoms with E-state index in [0.29, 0.717) is 11.6 Å². The van der Waals surface area contributed by atoms with Crippen LogP contribution in [0.3, 0.4) is 0 Å². The fourth-order valence-corrected chi connectivity index (χ4v) is 1.46. The summed E-state index contributed by atoms with van der Waals surface area (Å²) in [5.41, 5.74) is 7.62. The van der Waals surface area contributed by atoms with E-state index in [0.717, 1.165) is 17.5 Å². The van der Waals surface area contributed by atoms with Crippen molar-refractivity contribution in [1.29, 1.82) is 0 Å². The molecule has 0 aliphatic rings. The zero-order chi connectivity index (χ0) is 12.4. The van der Waals surface area contributed by atoms with Crippen molar-refractivity contribution in [3.63, 3.8) is 0 Å². The Morgan fingerprint density at radius 3 is 3.00 bits per heavy atom. The molecule has 2 rings (SSSR count). The number of carbonyl (C=O) groups excluding carboxylic acids is 1. The highest BCUT2D eigenvalue weighted by Gasteiger charge is 2.09. The van der Waals surface area contributed by atoms with Gasteiger partial charge in [0.25, 0.3) is 0 Å². The van der Waals surface area contributed by atoms with Crippen LogP contribution in [0.15, 0.2) is 22.6 Å². The second-order valence-electron chi connectivity index (χ2n) is 3.92. The molecule has 5 heteroatoms. The number of nitrogens with one attached hydrogen (secondary N) is 1. The van der Waals surface area contributed by atoms with Crippen molar-refractivity contribution >= 4 is 22.7 Å². The van der Waals surface area contributed by atoms with Gasteiger partial charge in [-0.05, 0) is 25.1 Å². The highest BCUT2D eigenvalue weighted by atomic mass is 16.3. The molecule has 1 aromatic carbocycles. The first-order valence-electron chi connectivity index (χ1n) is 5.56. The lowest BCUT2D eigenvalue weighted by atomic mass is 10.2. The number of aromatic nitrogens is 1. The number of anilines is 1. The molecule has 17 heavy (non-hydrogen) atoms. The Kier molecular flexibility index (Phi) is 3.10. The summed E-state index contributed by atoms with van der Waals surface area (Å²) in [7, 11) is 0. The maximum absolute atomic E-state index is 11.4. The minimum absolute atomic E-state index is 0.219. The molecular weight excluding hydrogens is 218 g/mol. The van der Waals surface area contributed by atoms with Gasteiger partial charge in [0.15, 0.2) is 11.5 Å². The second kappa shape index (κ2) is 4.55. The Labute approximate surface area is 99.0 Å². The minimum atomic E-state index is -0.533. The molecule has 0 saturated heterocycles. The van der Waals surface area contributed by atoms with E-state index in [4.69, 9.17) is 10.2 Å². The monoisotopic (exact) mass is 233 g/mol. The number of hydrogen-bond acceptors (Lipinski definition) is 4. The largest absolute Gasteiger partial charge is 0.441 e. The Bertz CT molecular complexity index is 546. The SMILES string of the molecule is CCc1nc2cc(NC(=O)C(C)N)ccc2o1. The summed E-state index contributed by atoms with van der Waals surface area (Å²) >= 11 is 0. The average Bonchev–Trinajstić information content (AvgIpc) is 2.70. The molecule has 90 valence electrons. The molecule has 1 unspecified atom stereocenters. The van der Waals surface area contributed by atoms with Gasteiger partial charge >= 0.3 is 0 Å². The molecule has 1 atom stereocenters. The lowest BCUT2D eigenvalue weighted by Crippen LogP contribution is -2.32. The summed E-state index contributed by atoms with van der Waals surface area (Å²) in [5, 5.41) is 2.72. The first-order chi connectivity index (χ1) is 8.10. The third-order valence-corrected chi connectivity index (χ3v) is 2.42. The molecule has 5 nitrogen and oxygen atoms in total. The van der Waals surface area contributed by atoms with E-state index in [9.17, 15) is 4.79 Å². The van der Waals surface area contributed by atoms with Gasteiger partial charge in [-0.1, -0.05) is 6.92 Å². The lowest BCUT2D eigenvalue weighted by Gasteiger charge is -2.06. The summed E-state index contributed by atoms with van der Waals surface area (Å²) in [4.78, 5) is 15.7. The summed E-state index contributed by atoms with van der Waals surface area (Å²) in [6, 6.07) is 4.80. The number of fused-ring (bicyclic) bond motifs is 1. The first kappa shape index (κ1) is 11.6. The molecule has 0 saturated carbocycles. The van der Waals surface area contributed by atoms with Crippen LogP contribution in [-0.2, 0) is 11.2 Å². The number of hydrogen-bond donors (Lipinski definition) is 2. The van der Waals surface area contributed by atoms with Crippen molar-refractivity contribution < 1.29 is 9.21 Å². The lowest BCUT2D eigenvalue weighted by molar-refractivity contribution is -0.117. The van der Waals surface area contributed by atoms with E-state index in [1.54, 1.807) is 25.1 Å². The molecule has 0 bridgehead atoms. The summed E-state index contributed by atoms with van der Waals surface area (Å²) < 4.78 is 5.48. The fraction of sp³-hybridized carbons (Fsp3) is 0.333. The maximum atomic E-state index is 11.4. The van der Waals surface area contributed by atoms with Crippen molar-refractivity contribution in [1.82, 2.24) is 4.98 Å². The topological polar surface area (TPSA) is 81.2 Å². The standard InChI is InChI=1S/C12H15N3O2/c1-3-11-15-9-6-8(4-5-10(9)17-11)14-12(16)7(2)13/h4-7H,3,13H2,1-2H3,(H,14,16). The molecule has 1 heterocycles. The zero-order valence-electron chi connectivity index (χ0n) is 9.86. The van der Waals surface area contributed by atoms with Crippen molar-refractivity contribution in [2.24, 2.45) is 5.73 Å². The fourth-order valence-electron chi connectivity index (χ4n) is 1.46. The van der Waals surface area contributed by atoms with Crippen LogP contribution < -0.4 is 11.1 Å². The molecule has 0 aliphatic carbocycles. The number of rotatable bonds is 3. The number of carbonyl (C=O) groups is 1. The smallest absolute Gasteiger partial charge is 0.240 e. The van der Waals surface area contributed by atoms with Gasteiger partial charge in [-0.2, -0.15) is 0 Å². The zero-order valence-corrected chi connectivity index (χ0v) is 9.86. The number of nitrogens with two attached hydrogens (primary N) is 1. The molecule has 1 aromatic heterocycles. The summed E-state index contributed by atoms with van der Waals surface area (Å²) in [6.45, 7) is 3.61. The van der Waals surface area contributed by atoms with Gasteiger partial charge in [0.1, 0.15) is 5.52 Å². The Balaban J connectivity index is 2.28.